The molecule has 0 radical (unpaired) electrons. The van der Waals surface area contributed by atoms with E-state index in [0.29, 0.717) is 18.4 Å². The van der Waals surface area contributed by atoms with Gasteiger partial charge >= 0.3 is 0 Å². The lowest BCUT2D eigenvalue weighted by Gasteiger charge is -2.40. The van der Waals surface area contributed by atoms with Gasteiger partial charge in [0.15, 0.2) is 0 Å². The minimum absolute atomic E-state index is 0.126. The quantitative estimate of drug-likeness (QED) is 0.902. The summed E-state index contributed by atoms with van der Waals surface area (Å²) in [7, 11) is -1.17. The number of ether oxygens (including phenoxy) is 1. The Kier molecular flexibility index (Phi) is 2.77. The van der Waals surface area contributed by atoms with Crippen molar-refractivity contribution in [3.8, 4) is 5.75 Å². The Balaban J connectivity index is 2.40. The SMILES string of the molecule is [2H]C([2H])([2H])Oc1ccc(C([2H])(CN(C)C([2H])([2H])[2H])C2(O)CCCCC2)cc1. The molecular formula is C17H27NO2. The van der Waals surface area contributed by atoms with Gasteiger partial charge in [0.05, 0.1) is 16.8 Å². The molecule has 112 valence electrons. The molecular weight excluding hydrogens is 250 g/mol. The molecule has 3 heteroatoms. The van der Waals surface area contributed by atoms with Crippen LogP contribution in [0.15, 0.2) is 24.3 Å². The number of nitrogens with zero attached hydrogens (tertiary/aromatic N) is 1. The molecule has 0 aromatic heterocycles. The van der Waals surface area contributed by atoms with Crippen LogP contribution < -0.4 is 4.74 Å². The number of methoxy groups -OCH3 is 1. The first-order valence-corrected chi connectivity index (χ1v) is 7.00. The van der Waals surface area contributed by atoms with Gasteiger partial charge in [-0.25, -0.2) is 0 Å². The van der Waals surface area contributed by atoms with E-state index < -0.39 is 25.5 Å². The number of likely N-dealkylation sites (N-methyl/N-ethyl adjacent to an activating group) is 1. The monoisotopic (exact) mass is 284 g/mol. The van der Waals surface area contributed by atoms with Crippen molar-refractivity contribution >= 4 is 0 Å². The van der Waals surface area contributed by atoms with E-state index in [1.807, 2.05) is 0 Å². The van der Waals surface area contributed by atoms with Crippen molar-refractivity contribution in [2.24, 2.45) is 0 Å². The van der Waals surface area contributed by atoms with Crippen LogP contribution in [0, 0.1) is 0 Å². The molecule has 1 aromatic carbocycles. The normalized spacial score (nSPS) is 27.9. The molecule has 1 atom stereocenters. The first-order valence-electron chi connectivity index (χ1n) is 10.5. The largest absolute Gasteiger partial charge is 0.497 e. The number of benzene rings is 1. The average molecular weight is 284 g/mol. The van der Waals surface area contributed by atoms with E-state index in [0.717, 1.165) is 24.2 Å². The molecule has 1 unspecified atom stereocenters. The topological polar surface area (TPSA) is 32.7 Å². The van der Waals surface area contributed by atoms with Crippen LogP contribution in [0.5, 0.6) is 5.75 Å². The minimum atomic E-state index is -2.58. The molecule has 1 aliphatic rings. The predicted octanol–water partition coefficient (Wildman–Crippen LogP) is 3.04. The average Bonchev–Trinajstić information content (AvgIpc) is 2.53. The van der Waals surface area contributed by atoms with Crippen molar-refractivity contribution in [3.63, 3.8) is 0 Å². The van der Waals surface area contributed by atoms with Gasteiger partial charge in [-0.15, -0.1) is 0 Å². The number of hydrogen-bond acceptors (Lipinski definition) is 3. The van der Waals surface area contributed by atoms with Gasteiger partial charge in [-0.2, -0.15) is 0 Å². The summed E-state index contributed by atoms with van der Waals surface area (Å²) in [6, 6.07) is 5.95. The lowest BCUT2D eigenvalue weighted by atomic mass is 9.72. The van der Waals surface area contributed by atoms with Gasteiger partial charge in [0, 0.05) is 17.9 Å². The molecule has 1 N–H and O–H groups in total. The fourth-order valence-corrected chi connectivity index (χ4v) is 2.91. The number of rotatable bonds is 5. The second-order valence-electron chi connectivity index (χ2n) is 5.55. The molecule has 2 rings (SSSR count). The second kappa shape index (κ2) is 6.59. The summed E-state index contributed by atoms with van der Waals surface area (Å²) in [5, 5.41) is 11.3. The van der Waals surface area contributed by atoms with Crippen molar-refractivity contribution in [2.75, 3.05) is 27.6 Å². The van der Waals surface area contributed by atoms with Crippen LogP contribution in [-0.4, -0.2) is 43.2 Å². The van der Waals surface area contributed by atoms with Gasteiger partial charge in [0.2, 0.25) is 0 Å². The minimum Gasteiger partial charge on any atom is -0.497 e. The zero-order valence-electron chi connectivity index (χ0n) is 18.9. The Bertz CT molecular complexity index is 624. The summed E-state index contributed by atoms with van der Waals surface area (Å²) in [5.74, 6) is -1.45. The molecule has 0 amide bonds. The lowest BCUT2D eigenvalue weighted by Crippen LogP contribution is -2.42. The van der Waals surface area contributed by atoms with Gasteiger partial charge in [0.1, 0.15) is 5.75 Å². The third kappa shape index (κ3) is 3.53. The van der Waals surface area contributed by atoms with Crippen LogP contribution in [0.25, 0.3) is 0 Å². The summed E-state index contributed by atoms with van der Waals surface area (Å²) in [6.07, 6.45) is 3.35. The van der Waals surface area contributed by atoms with Crippen LogP contribution in [0.3, 0.4) is 0 Å². The van der Waals surface area contributed by atoms with E-state index in [-0.39, 0.29) is 12.3 Å². The zero-order chi connectivity index (χ0) is 20.5. The Labute approximate surface area is 132 Å². The van der Waals surface area contributed by atoms with Crippen LogP contribution >= 0.6 is 0 Å². The van der Waals surface area contributed by atoms with Crippen LogP contribution in [0.1, 0.15) is 53.2 Å². The summed E-state index contributed by atoms with van der Waals surface area (Å²) in [5.41, 5.74) is -0.933. The van der Waals surface area contributed by atoms with Gasteiger partial charge in [-0.05, 0) is 44.6 Å². The highest BCUT2D eigenvalue weighted by molar-refractivity contribution is 5.31. The van der Waals surface area contributed by atoms with E-state index in [1.54, 1.807) is 0 Å². The summed E-state index contributed by atoms with van der Waals surface area (Å²) in [4.78, 5) is 1.10. The third-order valence-electron chi connectivity index (χ3n) is 3.96. The molecule has 1 saturated carbocycles. The zero-order valence-corrected chi connectivity index (χ0v) is 11.9. The predicted molar refractivity (Wildman–Crippen MR) is 82.3 cm³/mol. The molecule has 1 aromatic rings. The van der Waals surface area contributed by atoms with Gasteiger partial charge in [0.25, 0.3) is 0 Å². The van der Waals surface area contributed by atoms with Crippen molar-refractivity contribution in [1.29, 1.82) is 0 Å². The maximum absolute atomic E-state index is 11.3. The van der Waals surface area contributed by atoms with Crippen LogP contribution in [0.4, 0.5) is 0 Å². The standard InChI is InChI=1S/C17H27NO2/c1-18(2)13-16(17(19)11-5-4-6-12-17)14-7-9-15(20-3)10-8-14/h7-10,16,19H,4-6,11-13H2,1-3H3/i1D3,3D3,16D. The fourth-order valence-electron chi connectivity index (χ4n) is 2.91. The van der Waals surface area contributed by atoms with Crippen LogP contribution in [0.2, 0.25) is 0 Å². The summed E-state index contributed by atoms with van der Waals surface area (Å²) in [6.45, 7) is -2.57. The van der Waals surface area contributed by atoms with Gasteiger partial charge in [-0.3, -0.25) is 0 Å². The molecule has 20 heavy (non-hydrogen) atoms. The second-order valence-corrected chi connectivity index (χ2v) is 5.55. The fraction of sp³-hybridized carbons (Fsp3) is 0.647. The maximum atomic E-state index is 11.3. The Hall–Kier alpha value is -1.06. The van der Waals surface area contributed by atoms with Gasteiger partial charge in [-0.1, -0.05) is 31.4 Å². The van der Waals surface area contributed by atoms with E-state index in [4.69, 9.17) is 14.3 Å². The van der Waals surface area contributed by atoms with E-state index >= 15 is 0 Å². The molecule has 3 nitrogen and oxygen atoms in total. The van der Waals surface area contributed by atoms with E-state index in [9.17, 15) is 5.11 Å². The molecule has 0 bridgehead atoms. The highest BCUT2D eigenvalue weighted by Gasteiger charge is 2.38. The number of hydrogen-bond donors (Lipinski definition) is 1. The molecule has 1 aliphatic carbocycles. The lowest BCUT2D eigenvalue weighted by molar-refractivity contribution is -0.0277. The van der Waals surface area contributed by atoms with Crippen molar-refractivity contribution in [3.05, 3.63) is 29.8 Å². The highest BCUT2D eigenvalue weighted by Crippen LogP contribution is 2.40. The Morgan fingerprint density at radius 2 is 2.05 bits per heavy atom. The van der Waals surface area contributed by atoms with Crippen molar-refractivity contribution < 1.29 is 19.4 Å². The molecule has 0 spiro atoms. The summed E-state index contributed by atoms with van der Waals surface area (Å²) < 4.78 is 58.3. The van der Waals surface area contributed by atoms with E-state index in [1.165, 1.54) is 31.3 Å². The van der Waals surface area contributed by atoms with Crippen molar-refractivity contribution in [1.82, 2.24) is 4.90 Å². The first kappa shape index (κ1) is 8.40. The first-order chi connectivity index (χ1) is 12.3. The molecule has 0 saturated heterocycles. The Morgan fingerprint density at radius 3 is 2.65 bits per heavy atom. The highest BCUT2D eigenvalue weighted by atomic mass is 16.5. The van der Waals surface area contributed by atoms with Crippen LogP contribution in [-0.2, 0) is 0 Å². The van der Waals surface area contributed by atoms with Gasteiger partial charge < -0.3 is 14.7 Å². The summed E-state index contributed by atoms with van der Waals surface area (Å²) >= 11 is 0. The smallest absolute Gasteiger partial charge is 0.118 e. The third-order valence-corrected chi connectivity index (χ3v) is 3.96. The maximum Gasteiger partial charge on any atom is 0.118 e. The van der Waals surface area contributed by atoms with E-state index in [2.05, 4.69) is 0 Å². The molecule has 0 aliphatic heterocycles. The number of aliphatic hydroxyl groups is 1. The molecule has 1 fully saturated rings. The Morgan fingerprint density at radius 1 is 1.35 bits per heavy atom. The van der Waals surface area contributed by atoms with Crippen molar-refractivity contribution in [2.45, 2.75) is 43.6 Å². The molecule has 0 heterocycles.